The Labute approximate surface area is 79.1 Å². The van der Waals surface area contributed by atoms with E-state index in [0.717, 1.165) is 13.0 Å². The minimum atomic E-state index is 0.280. The summed E-state index contributed by atoms with van der Waals surface area (Å²) in [6.07, 6.45) is 2.65. The van der Waals surface area contributed by atoms with Gasteiger partial charge in [-0.25, -0.2) is 0 Å². The van der Waals surface area contributed by atoms with Gasteiger partial charge in [0.25, 0.3) is 0 Å². The number of methoxy groups -OCH3 is 1. The van der Waals surface area contributed by atoms with Gasteiger partial charge in [-0.3, -0.25) is 0 Å². The highest BCUT2D eigenvalue weighted by atomic mass is 16.5. The summed E-state index contributed by atoms with van der Waals surface area (Å²) in [5.74, 6) is 0. The first-order valence-electron chi connectivity index (χ1n) is 4.76. The van der Waals surface area contributed by atoms with Gasteiger partial charge in [-0.15, -0.1) is 0 Å². The number of hydrogen-bond donors (Lipinski definition) is 0. The molecule has 1 unspecified atom stereocenters. The van der Waals surface area contributed by atoms with E-state index in [1.54, 1.807) is 7.11 Å². The van der Waals surface area contributed by atoms with Crippen LogP contribution in [0, 0.1) is 0 Å². The molecule has 1 atom stereocenters. The Hall–Kier alpha value is -1.02. The molecule has 1 aromatic carbocycles. The van der Waals surface area contributed by atoms with Gasteiger partial charge in [0.05, 0.1) is 0 Å². The van der Waals surface area contributed by atoms with Gasteiger partial charge in [-0.2, -0.15) is 0 Å². The SMILES string of the molecule is COC1CCCN1c1ccccc1. The van der Waals surface area contributed by atoms with Crippen LogP contribution in [0.5, 0.6) is 0 Å². The Kier molecular flexibility index (Phi) is 2.50. The van der Waals surface area contributed by atoms with Crippen molar-refractivity contribution in [3.8, 4) is 0 Å². The number of rotatable bonds is 2. The lowest BCUT2D eigenvalue weighted by Gasteiger charge is -2.25. The normalized spacial score (nSPS) is 22.2. The fourth-order valence-electron chi connectivity index (χ4n) is 1.90. The van der Waals surface area contributed by atoms with Crippen LogP contribution in [0.3, 0.4) is 0 Å². The first-order valence-corrected chi connectivity index (χ1v) is 4.76. The highest BCUT2D eigenvalue weighted by Crippen LogP contribution is 2.24. The second-order valence-corrected chi connectivity index (χ2v) is 3.36. The third kappa shape index (κ3) is 1.68. The highest BCUT2D eigenvalue weighted by Gasteiger charge is 2.23. The first-order chi connectivity index (χ1) is 6.42. The summed E-state index contributed by atoms with van der Waals surface area (Å²) in [6, 6.07) is 10.5. The lowest BCUT2D eigenvalue weighted by molar-refractivity contribution is 0.111. The average Bonchev–Trinajstić information content (AvgIpc) is 2.67. The number of benzene rings is 1. The van der Waals surface area contributed by atoms with E-state index in [9.17, 15) is 0 Å². The van der Waals surface area contributed by atoms with Crippen molar-refractivity contribution < 1.29 is 4.74 Å². The Morgan fingerprint density at radius 2 is 2.08 bits per heavy atom. The molecule has 2 nitrogen and oxygen atoms in total. The van der Waals surface area contributed by atoms with Crippen molar-refractivity contribution in [2.75, 3.05) is 18.6 Å². The predicted molar refractivity (Wildman–Crippen MR) is 53.8 cm³/mol. The molecule has 1 aliphatic heterocycles. The molecule has 1 aliphatic rings. The van der Waals surface area contributed by atoms with Crippen molar-refractivity contribution in [3.05, 3.63) is 30.3 Å². The zero-order valence-electron chi connectivity index (χ0n) is 7.94. The van der Waals surface area contributed by atoms with Crippen LogP contribution in [-0.2, 0) is 4.74 Å². The van der Waals surface area contributed by atoms with E-state index in [1.807, 2.05) is 6.07 Å². The summed E-state index contributed by atoms with van der Waals surface area (Å²) in [6.45, 7) is 1.11. The third-order valence-electron chi connectivity index (χ3n) is 2.56. The number of ether oxygens (including phenoxy) is 1. The van der Waals surface area contributed by atoms with E-state index < -0.39 is 0 Å². The Bertz CT molecular complexity index is 260. The fraction of sp³-hybridized carbons (Fsp3) is 0.455. The smallest absolute Gasteiger partial charge is 0.129 e. The summed E-state index contributed by atoms with van der Waals surface area (Å²) in [7, 11) is 1.78. The molecule has 0 bridgehead atoms. The molecule has 0 aliphatic carbocycles. The van der Waals surface area contributed by atoms with Gasteiger partial charge < -0.3 is 9.64 Å². The van der Waals surface area contributed by atoms with E-state index in [1.165, 1.54) is 12.1 Å². The van der Waals surface area contributed by atoms with Crippen molar-refractivity contribution in [1.29, 1.82) is 0 Å². The van der Waals surface area contributed by atoms with Crippen molar-refractivity contribution in [2.45, 2.75) is 19.1 Å². The van der Waals surface area contributed by atoms with Crippen molar-refractivity contribution in [2.24, 2.45) is 0 Å². The molecular weight excluding hydrogens is 162 g/mol. The van der Waals surface area contributed by atoms with Crippen LogP contribution >= 0.6 is 0 Å². The predicted octanol–water partition coefficient (Wildman–Crippen LogP) is 2.26. The molecule has 1 saturated heterocycles. The Morgan fingerprint density at radius 3 is 2.77 bits per heavy atom. The maximum atomic E-state index is 5.40. The largest absolute Gasteiger partial charge is 0.362 e. The summed E-state index contributed by atoms with van der Waals surface area (Å²) >= 11 is 0. The molecule has 0 spiro atoms. The van der Waals surface area contributed by atoms with Gasteiger partial charge in [-0.05, 0) is 25.0 Å². The maximum absolute atomic E-state index is 5.40. The van der Waals surface area contributed by atoms with Gasteiger partial charge in [-0.1, -0.05) is 18.2 Å². The van der Waals surface area contributed by atoms with Crippen LogP contribution in [0.25, 0.3) is 0 Å². The molecule has 1 fully saturated rings. The molecule has 0 N–H and O–H groups in total. The molecule has 13 heavy (non-hydrogen) atoms. The molecule has 0 amide bonds. The first kappa shape index (κ1) is 8.57. The third-order valence-corrected chi connectivity index (χ3v) is 2.56. The van der Waals surface area contributed by atoms with E-state index in [4.69, 9.17) is 4.74 Å². The standard InChI is InChI=1S/C11H15NO/c1-13-11-8-5-9-12(11)10-6-3-2-4-7-10/h2-4,6-7,11H,5,8-9H2,1H3. The summed E-state index contributed by atoms with van der Waals surface area (Å²) in [5, 5.41) is 0. The topological polar surface area (TPSA) is 12.5 Å². The van der Waals surface area contributed by atoms with Gasteiger partial charge in [0.15, 0.2) is 0 Å². The molecule has 1 aromatic rings. The van der Waals surface area contributed by atoms with E-state index >= 15 is 0 Å². The lowest BCUT2D eigenvalue weighted by atomic mass is 10.3. The number of para-hydroxylation sites is 1. The minimum absolute atomic E-state index is 0.280. The van der Waals surface area contributed by atoms with E-state index in [-0.39, 0.29) is 6.23 Å². The van der Waals surface area contributed by atoms with Crippen LogP contribution in [0.4, 0.5) is 5.69 Å². The highest BCUT2D eigenvalue weighted by molar-refractivity contribution is 5.47. The number of hydrogen-bond acceptors (Lipinski definition) is 2. The van der Waals surface area contributed by atoms with E-state index in [0.29, 0.717) is 0 Å². The number of nitrogens with zero attached hydrogens (tertiary/aromatic N) is 1. The van der Waals surface area contributed by atoms with Crippen molar-refractivity contribution in [3.63, 3.8) is 0 Å². The molecule has 0 saturated carbocycles. The van der Waals surface area contributed by atoms with Gasteiger partial charge in [0.1, 0.15) is 6.23 Å². The minimum Gasteiger partial charge on any atom is -0.362 e. The van der Waals surface area contributed by atoms with Crippen molar-refractivity contribution >= 4 is 5.69 Å². The van der Waals surface area contributed by atoms with Crippen molar-refractivity contribution in [1.82, 2.24) is 0 Å². The number of anilines is 1. The van der Waals surface area contributed by atoms with Crippen LogP contribution in [-0.4, -0.2) is 19.9 Å². The van der Waals surface area contributed by atoms with E-state index in [2.05, 4.69) is 29.2 Å². The summed E-state index contributed by atoms with van der Waals surface area (Å²) in [5.41, 5.74) is 1.27. The molecule has 0 aromatic heterocycles. The molecule has 1 heterocycles. The van der Waals surface area contributed by atoms with Crippen LogP contribution in [0.2, 0.25) is 0 Å². The van der Waals surface area contributed by atoms with Crippen LogP contribution in [0.15, 0.2) is 30.3 Å². The maximum Gasteiger partial charge on any atom is 0.129 e. The Balaban J connectivity index is 2.16. The summed E-state index contributed by atoms with van der Waals surface area (Å²) in [4.78, 5) is 2.32. The van der Waals surface area contributed by atoms with Gasteiger partial charge in [0.2, 0.25) is 0 Å². The zero-order valence-corrected chi connectivity index (χ0v) is 7.94. The lowest BCUT2D eigenvalue weighted by Crippen LogP contribution is -2.30. The molecular formula is C11H15NO. The second kappa shape index (κ2) is 3.79. The average molecular weight is 177 g/mol. The van der Waals surface area contributed by atoms with Crippen LogP contribution < -0.4 is 4.90 Å². The second-order valence-electron chi connectivity index (χ2n) is 3.36. The zero-order chi connectivity index (χ0) is 9.10. The molecule has 0 radical (unpaired) electrons. The molecule has 2 rings (SSSR count). The molecule has 70 valence electrons. The fourth-order valence-corrected chi connectivity index (χ4v) is 1.90. The van der Waals surface area contributed by atoms with Gasteiger partial charge >= 0.3 is 0 Å². The monoisotopic (exact) mass is 177 g/mol. The Morgan fingerprint density at radius 1 is 1.31 bits per heavy atom. The quantitative estimate of drug-likeness (QED) is 0.687. The van der Waals surface area contributed by atoms with Crippen LogP contribution in [0.1, 0.15) is 12.8 Å². The summed E-state index contributed by atoms with van der Waals surface area (Å²) < 4.78 is 5.40. The molecule has 2 heteroatoms. The van der Waals surface area contributed by atoms with Gasteiger partial charge in [0, 0.05) is 19.3 Å².